The van der Waals surface area contributed by atoms with Crippen molar-refractivity contribution in [1.29, 1.82) is 0 Å². The molecule has 16 heteroatoms. The summed E-state index contributed by atoms with van der Waals surface area (Å²) in [4.78, 5) is 0.120. The normalized spacial score (nSPS) is 11.9. The molecule has 0 amide bonds. The summed E-state index contributed by atoms with van der Waals surface area (Å²) in [5, 5.41) is 0. The molecule has 1 aromatic carbocycles. The number of hydrogen-bond donors (Lipinski definition) is 0. The lowest BCUT2D eigenvalue weighted by Gasteiger charge is -2.09. The molecule has 0 aliphatic carbocycles. The van der Waals surface area contributed by atoms with Gasteiger partial charge in [0.25, 0.3) is 10.1 Å². The van der Waals surface area contributed by atoms with E-state index in [-0.39, 0.29) is 18.1 Å². The molecule has 1 rings (SSSR count). The molecule has 0 saturated carbocycles. The first-order valence-electron chi connectivity index (χ1n) is 16.5. The average Bonchev–Trinajstić information content (AvgIpc) is 3.10. The molecule has 0 aliphatic rings. The van der Waals surface area contributed by atoms with Gasteiger partial charge < -0.3 is 56.8 Å². The molecule has 0 radical (unpaired) electrons. The summed E-state index contributed by atoms with van der Waals surface area (Å²) in [6, 6.07) is 7.98. The summed E-state index contributed by atoms with van der Waals surface area (Å²) in [7, 11) is -3.76. The second kappa shape index (κ2) is 35.5. The van der Waals surface area contributed by atoms with Gasteiger partial charge in [0.05, 0.1) is 163 Å². The number of rotatable bonds is 39. The highest BCUT2D eigenvalue weighted by molar-refractivity contribution is 7.86. The summed E-state index contributed by atoms with van der Waals surface area (Å²) in [5.74, 6) is 0. The van der Waals surface area contributed by atoms with E-state index in [0.29, 0.717) is 152 Å². The molecule has 0 fully saturated rings. The van der Waals surface area contributed by atoms with Gasteiger partial charge in [0.1, 0.15) is 0 Å². The van der Waals surface area contributed by atoms with Crippen molar-refractivity contribution in [2.45, 2.75) is 11.8 Å². The Balaban J connectivity index is 1.65. The maximum atomic E-state index is 12.0. The van der Waals surface area contributed by atoms with Crippen LogP contribution in [0.15, 0.2) is 35.2 Å². The molecule has 0 N–H and O–H groups in total. The van der Waals surface area contributed by atoms with Crippen molar-refractivity contribution in [2.24, 2.45) is 0 Å². The molecular formula is C32H58O15S. The fraction of sp³-hybridized carbons (Fsp3) is 0.812. The SMILES string of the molecule is CCOCCOCCOCCOCCOCCOCCOCCOCCOCCOCCOCCOCCOS(=O)(=O)c1ccccc1. The summed E-state index contributed by atoms with van der Waals surface area (Å²) in [5.41, 5.74) is 0. The van der Waals surface area contributed by atoms with Crippen molar-refractivity contribution in [1.82, 2.24) is 0 Å². The summed E-state index contributed by atoms with van der Waals surface area (Å²) >= 11 is 0. The van der Waals surface area contributed by atoms with Gasteiger partial charge >= 0.3 is 0 Å². The highest BCUT2D eigenvalue weighted by Crippen LogP contribution is 2.10. The van der Waals surface area contributed by atoms with Crippen molar-refractivity contribution < 1.29 is 69.4 Å². The first-order valence-corrected chi connectivity index (χ1v) is 17.9. The van der Waals surface area contributed by atoms with Gasteiger partial charge in [0.2, 0.25) is 0 Å². The van der Waals surface area contributed by atoms with Crippen LogP contribution in [-0.2, 0) is 71.1 Å². The zero-order valence-electron chi connectivity index (χ0n) is 28.6. The first kappa shape index (κ1) is 44.7. The molecule has 15 nitrogen and oxygen atoms in total. The number of hydrogen-bond acceptors (Lipinski definition) is 15. The molecule has 0 spiro atoms. The maximum Gasteiger partial charge on any atom is 0.297 e. The topological polar surface area (TPSA) is 154 Å². The van der Waals surface area contributed by atoms with Crippen LogP contribution in [0.3, 0.4) is 0 Å². The molecule has 0 aliphatic heterocycles. The van der Waals surface area contributed by atoms with E-state index < -0.39 is 10.1 Å². The van der Waals surface area contributed by atoms with Crippen molar-refractivity contribution in [2.75, 3.05) is 165 Å². The third-order valence-corrected chi connectivity index (χ3v) is 7.12. The van der Waals surface area contributed by atoms with Gasteiger partial charge in [-0.2, -0.15) is 8.42 Å². The van der Waals surface area contributed by atoms with Crippen LogP contribution in [0.25, 0.3) is 0 Å². The summed E-state index contributed by atoms with van der Waals surface area (Å²) in [6.07, 6.45) is 0. The van der Waals surface area contributed by atoms with Crippen molar-refractivity contribution in [3.63, 3.8) is 0 Å². The second-order valence-corrected chi connectivity index (χ2v) is 11.1. The van der Waals surface area contributed by atoms with E-state index >= 15 is 0 Å². The average molecular weight is 715 g/mol. The van der Waals surface area contributed by atoms with E-state index in [9.17, 15) is 8.42 Å². The van der Waals surface area contributed by atoms with Crippen LogP contribution in [0.4, 0.5) is 0 Å². The predicted molar refractivity (Wildman–Crippen MR) is 175 cm³/mol. The smallest absolute Gasteiger partial charge is 0.297 e. The first-order chi connectivity index (χ1) is 23.7. The highest BCUT2D eigenvalue weighted by Gasteiger charge is 2.13. The Morgan fingerprint density at radius 1 is 0.354 bits per heavy atom. The fourth-order valence-corrected chi connectivity index (χ4v) is 4.34. The van der Waals surface area contributed by atoms with E-state index in [1.54, 1.807) is 18.2 Å². The quantitative estimate of drug-likeness (QED) is 0.0716. The third kappa shape index (κ3) is 30.7. The standard InChI is InChI=1S/C32H58O15S/c1-2-35-8-9-36-10-11-37-12-13-38-14-15-39-16-17-40-18-19-41-20-21-42-22-23-43-24-25-44-26-27-45-28-29-46-30-31-47-48(33,34)32-6-4-3-5-7-32/h3-7H,2,8-31H2,1H3. The van der Waals surface area contributed by atoms with Crippen LogP contribution in [0.1, 0.15) is 6.92 Å². The molecule has 0 atom stereocenters. The zero-order valence-corrected chi connectivity index (χ0v) is 29.4. The largest absolute Gasteiger partial charge is 0.379 e. The Kier molecular flexibility index (Phi) is 33.0. The van der Waals surface area contributed by atoms with Crippen molar-refractivity contribution in [3.05, 3.63) is 30.3 Å². The minimum atomic E-state index is -3.76. The van der Waals surface area contributed by atoms with Crippen LogP contribution in [0.5, 0.6) is 0 Å². The summed E-state index contributed by atoms with van der Waals surface area (Å²) in [6.45, 7) is 13.5. The highest BCUT2D eigenvalue weighted by atomic mass is 32.2. The summed E-state index contributed by atoms with van der Waals surface area (Å²) < 4.78 is 93.8. The Labute approximate surface area is 286 Å². The van der Waals surface area contributed by atoms with Crippen LogP contribution < -0.4 is 0 Å². The van der Waals surface area contributed by atoms with Crippen molar-refractivity contribution in [3.8, 4) is 0 Å². The predicted octanol–water partition coefficient (Wildman–Crippen LogP) is 1.61. The third-order valence-electron chi connectivity index (χ3n) is 5.79. The lowest BCUT2D eigenvalue weighted by Crippen LogP contribution is -2.16. The lowest BCUT2D eigenvalue weighted by molar-refractivity contribution is -0.0284. The fourth-order valence-electron chi connectivity index (χ4n) is 3.42. The van der Waals surface area contributed by atoms with Gasteiger partial charge in [-0.3, -0.25) is 4.18 Å². The molecule has 0 unspecified atom stereocenters. The monoisotopic (exact) mass is 714 g/mol. The van der Waals surface area contributed by atoms with E-state index in [2.05, 4.69) is 0 Å². The van der Waals surface area contributed by atoms with E-state index in [4.69, 9.17) is 61.0 Å². The molecule has 48 heavy (non-hydrogen) atoms. The lowest BCUT2D eigenvalue weighted by atomic mass is 10.4. The van der Waals surface area contributed by atoms with Crippen molar-refractivity contribution >= 4 is 10.1 Å². The zero-order chi connectivity index (χ0) is 34.5. The van der Waals surface area contributed by atoms with Crippen LogP contribution >= 0.6 is 0 Å². The maximum absolute atomic E-state index is 12.0. The van der Waals surface area contributed by atoms with Gasteiger partial charge in [-0.05, 0) is 19.1 Å². The van der Waals surface area contributed by atoms with Gasteiger partial charge in [-0.1, -0.05) is 18.2 Å². The van der Waals surface area contributed by atoms with Crippen LogP contribution in [0.2, 0.25) is 0 Å². The molecule has 0 heterocycles. The Morgan fingerprint density at radius 2 is 0.583 bits per heavy atom. The molecule has 1 aromatic rings. The number of benzene rings is 1. The Morgan fingerprint density at radius 3 is 0.833 bits per heavy atom. The molecule has 0 bridgehead atoms. The van der Waals surface area contributed by atoms with Gasteiger partial charge in [0, 0.05) is 6.61 Å². The van der Waals surface area contributed by atoms with Crippen LogP contribution in [0, 0.1) is 0 Å². The minimum absolute atomic E-state index is 0.0592. The van der Waals surface area contributed by atoms with Gasteiger partial charge in [-0.25, -0.2) is 0 Å². The molecular weight excluding hydrogens is 656 g/mol. The van der Waals surface area contributed by atoms with Crippen LogP contribution in [-0.4, -0.2) is 174 Å². The molecule has 0 saturated heterocycles. The molecule has 0 aromatic heterocycles. The van der Waals surface area contributed by atoms with E-state index in [1.165, 1.54) is 12.1 Å². The Bertz CT molecular complexity index is 880. The minimum Gasteiger partial charge on any atom is -0.379 e. The number of ether oxygens (including phenoxy) is 12. The Hall–Kier alpha value is -1.35. The van der Waals surface area contributed by atoms with E-state index in [1.807, 2.05) is 6.92 Å². The van der Waals surface area contributed by atoms with Gasteiger partial charge in [-0.15, -0.1) is 0 Å². The van der Waals surface area contributed by atoms with E-state index in [0.717, 1.165) is 0 Å². The molecule has 282 valence electrons. The van der Waals surface area contributed by atoms with Gasteiger partial charge in [0.15, 0.2) is 0 Å². The second-order valence-electron chi connectivity index (χ2n) is 9.52.